The summed E-state index contributed by atoms with van der Waals surface area (Å²) in [4.78, 5) is 20.2. The zero-order chi connectivity index (χ0) is 21.9. The number of benzene rings is 1. The SMILES string of the molecule is CCCCN(/C=N/c1ncnc2c1ncn2/C=C(/C)COc1ccccc1)CCCC. The minimum atomic E-state index is 0.490. The minimum absolute atomic E-state index is 0.490. The molecule has 31 heavy (non-hydrogen) atoms. The molecule has 3 aromatic rings. The van der Waals surface area contributed by atoms with Gasteiger partial charge < -0.3 is 9.64 Å². The first-order valence-electron chi connectivity index (χ1n) is 11.0. The molecule has 0 amide bonds. The van der Waals surface area contributed by atoms with Gasteiger partial charge in [-0.1, -0.05) is 44.9 Å². The van der Waals surface area contributed by atoms with Crippen molar-refractivity contribution in [2.45, 2.75) is 46.5 Å². The van der Waals surface area contributed by atoms with Gasteiger partial charge >= 0.3 is 0 Å². The van der Waals surface area contributed by atoms with Crippen molar-refractivity contribution in [2.75, 3.05) is 19.7 Å². The third-order valence-electron chi connectivity index (χ3n) is 4.85. The van der Waals surface area contributed by atoms with Crippen molar-refractivity contribution in [3.8, 4) is 5.75 Å². The zero-order valence-electron chi connectivity index (χ0n) is 18.7. The fraction of sp³-hybridized carbons (Fsp3) is 0.417. The second-order valence-corrected chi connectivity index (χ2v) is 7.59. The van der Waals surface area contributed by atoms with Gasteiger partial charge in [0.2, 0.25) is 0 Å². The summed E-state index contributed by atoms with van der Waals surface area (Å²) in [5, 5.41) is 0. The Kier molecular flexibility index (Phi) is 8.58. The summed E-state index contributed by atoms with van der Waals surface area (Å²) in [5.41, 5.74) is 2.48. The highest BCUT2D eigenvalue weighted by atomic mass is 16.5. The first-order chi connectivity index (χ1) is 15.2. The standard InChI is InChI=1S/C24H32N6O/c1-4-6-13-29(14-7-5-2)18-28-23-22-24(26-17-25-23)30(19-27-22)15-20(3)16-31-21-11-9-8-10-12-21/h8-12,15,17-19H,4-7,13-14,16H2,1-3H3/b20-15-,28-18+. The third kappa shape index (κ3) is 6.64. The van der Waals surface area contributed by atoms with Gasteiger partial charge in [0, 0.05) is 19.3 Å². The van der Waals surface area contributed by atoms with Gasteiger partial charge in [-0.2, -0.15) is 0 Å². The van der Waals surface area contributed by atoms with Crippen LogP contribution in [0.5, 0.6) is 5.75 Å². The Morgan fingerprint density at radius 3 is 2.52 bits per heavy atom. The number of fused-ring (bicyclic) bond motifs is 1. The number of ether oxygens (including phenoxy) is 1. The van der Waals surface area contributed by atoms with E-state index in [0.29, 0.717) is 17.9 Å². The largest absolute Gasteiger partial charge is 0.489 e. The average molecular weight is 421 g/mol. The number of imidazole rings is 1. The summed E-state index contributed by atoms with van der Waals surface area (Å²) in [6, 6.07) is 9.79. The Bertz CT molecular complexity index is 988. The van der Waals surface area contributed by atoms with Gasteiger partial charge in [-0.15, -0.1) is 0 Å². The van der Waals surface area contributed by atoms with Crippen molar-refractivity contribution in [1.29, 1.82) is 0 Å². The molecule has 0 fully saturated rings. The molecule has 7 nitrogen and oxygen atoms in total. The summed E-state index contributed by atoms with van der Waals surface area (Å²) >= 11 is 0. The lowest BCUT2D eigenvalue weighted by molar-refractivity contribution is 0.353. The Hall–Kier alpha value is -3.22. The maximum atomic E-state index is 5.82. The average Bonchev–Trinajstić information content (AvgIpc) is 3.21. The Morgan fingerprint density at radius 1 is 1.06 bits per heavy atom. The number of rotatable bonds is 12. The van der Waals surface area contributed by atoms with Crippen molar-refractivity contribution >= 4 is 29.5 Å². The zero-order valence-corrected chi connectivity index (χ0v) is 18.7. The van der Waals surface area contributed by atoms with Crippen LogP contribution in [-0.2, 0) is 0 Å². The summed E-state index contributed by atoms with van der Waals surface area (Å²) in [7, 11) is 0. The van der Waals surface area contributed by atoms with Crippen LogP contribution in [0.25, 0.3) is 17.4 Å². The first kappa shape index (κ1) is 22.5. The molecule has 0 N–H and O–H groups in total. The van der Waals surface area contributed by atoms with E-state index in [9.17, 15) is 0 Å². The van der Waals surface area contributed by atoms with Crippen LogP contribution in [-0.4, -0.2) is 50.5 Å². The van der Waals surface area contributed by atoms with Crippen molar-refractivity contribution in [3.05, 3.63) is 48.6 Å². The molecule has 0 unspecified atom stereocenters. The van der Waals surface area contributed by atoms with Gasteiger partial charge in [-0.05, 0) is 37.5 Å². The van der Waals surface area contributed by atoms with Crippen LogP contribution < -0.4 is 4.74 Å². The van der Waals surface area contributed by atoms with E-state index in [2.05, 4.69) is 38.7 Å². The van der Waals surface area contributed by atoms with Crippen LogP contribution in [0.4, 0.5) is 5.82 Å². The topological polar surface area (TPSA) is 68.4 Å². The van der Waals surface area contributed by atoms with Gasteiger partial charge in [-0.3, -0.25) is 4.57 Å². The molecular weight excluding hydrogens is 388 g/mol. The maximum absolute atomic E-state index is 5.82. The van der Waals surface area contributed by atoms with E-state index >= 15 is 0 Å². The van der Waals surface area contributed by atoms with Gasteiger partial charge in [0.05, 0.1) is 6.34 Å². The fourth-order valence-corrected chi connectivity index (χ4v) is 3.10. The number of aliphatic imine (C=N–C) groups is 1. The number of aromatic nitrogens is 4. The highest BCUT2D eigenvalue weighted by molar-refractivity contribution is 5.84. The molecule has 0 saturated carbocycles. The second kappa shape index (κ2) is 11.8. The molecule has 164 valence electrons. The molecule has 0 atom stereocenters. The van der Waals surface area contributed by atoms with E-state index in [0.717, 1.165) is 55.7 Å². The number of unbranched alkanes of at least 4 members (excludes halogenated alkanes) is 2. The molecule has 0 aliphatic heterocycles. The van der Waals surface area contributed by atoms with Gasteiger partial charge in [0.1, 0.15) is 25.0 Å². The summed E-state index contributed by atoms with van der Waals surface area (Å²) in [5.74, 6) is 1.44. The highest BCUT2D eigenvalue weighted by Crippen LogP contribution is 2.20. The number of hydrogen-bond donors (Lipinski definition) is 0. The lowest BCUT2D eigenvalue weighted by Gasteiger charge is -2.18. The van der Waals surface area contributed by atoms with Gasteiger partial charge in [0.15, 0.2) is 17.0 Å². The van der Waals surface area contributed by atoms with Crippen LogP contribution in [0.3, 0.4) is 0 Å². The van der Waals surface area contributed by atoms with Gasteiger partial charge in [-0.25, -0.2) is 19.9 Å². The molecule has 0 aliphatic rings. The lowest BCUT2D eigenvalue weighted by atomic mass is 10.3. The number of nitrogens with zero attached hydrogens (tertiary/aromatic N) is 6. The van der Waals surface area contributed by atoms with Crippen LogP contribution in [0.1, 0.15) is 46.5 Å². The van der Waals surface area contributed by atoms with Crippen molar-refractivity contribution in [2.24, 2.45) is 4.99 Å². The molecule has 0 radical (unpaired) electrons. The van der Waals surface area contributed by atoms with Crippen LogP contribution >= 0.6 is 0 Å². The maximum Gasteiger partial charge on any atom is 0.185 e. The monoisotopic (exact) mass is 420 g/mol. The Morgan fingerprint density at radius 2 is 1.81 bits per heavy atom. The molecule has 0 saturated heterocycles. The molecule has 7 heteroatoms. The predicted octanol–water partition coefficient (Wildman–Crippen LogP) is 5.33. The molecule has 2 heterocycles. The van der Waals surface area contributed by atoms with Crippen molar-refractivity contribution in [1.82, 2.24) is 24.4 Å². The summed E-state index contributed by atoms with van der Waals surface area (Å²) in [6.45, 7) is 8.93. The number of hydrogen-bond acceptors (Lipinski definition) is 5. The van der Waals surface area contributed by atoms with E-state index in [1.54, 1.807) is 12.7 Å². The second-order valence-electron chi connectivity index (χ2n) is 7.59. The molecular formula is C24H32N6O. The van der Waals surface area contributed by atoms with E-state index in [1.165, 1.54) is 0 Å². The number of para-hydroxylation sites is 1. The summed E-state index contributed by atoms with van der Waals surface area (Å²) in [6.07, 6.45) is 11.8. The minimum Gasteiger partial charge on any atom is -0.489 e. The van der Waals surface area contributed by atoms with Crippen LogP contribution in [0.15, 0.2) is 53.6 Å². The predicted molar refractivity (Wildman–Crippen MR) is 127 cm³/mol. The van der Waals surface area contributed by atoms with E-state index in [-0.39, 0.29) is 0 Å². The van der Waals surface area contributed by atoms with Gasteiger partial charge in [0.25, 0.3) is 0 Å². The normalized spacial score (nSPS) is 12.0. The third-order valence-corrected chi connectivity index (χ3v) is 4.85. The Labute approximate surface area is 184 Å². The quantitative estimate of drug-likeness (QED) is 0.293. The molecule has 0 aliphatic carbocycles. The van der Waals surface area contributed by atoms with E-state index < -0.39 is 0 Å². The molecule has 1 aromatic carbocycles. The fourth-order valence-electron chi connectivity index (χ4n) is 3.10. The van der Waals surface area contributed by atoms with Crippen molar-refractivity contribution in [3.63, 3.8) is 0 Å². The van der Waals surface area contributed by atoms with E-state index in [4.69, 9.17) is 4.74 Å². The van der Waals surface area contributed by atoms with Crippen LogP contribution in [0, 0.1) is 0 Å². The highest BCUT2D eigenvalue weighted by Gasteiger charge is 2.09. The Balaban J connectivity index is 1.74. The van der Waals surface area contributed by atoms with E-state index in [1.807, 2.05) is 54.4 Å². The molecule has 3 rings (SSSR count). The van der Waals surface area contributed by atoms with Crippen molar-refractivity contribution < 1.29 is 4.74 Å². The molecule has 0 bridgehead atoms. The smallest absolute Gasteiger partial charge is 0.185 e. The molecule has 2 aromatic heterocycles. The first-order valence-corrected chi connectivity index (χ1v) is 11.0. The summed E-state index contributed by atoms with van der Waals surface area (Å²) < 4.78 is 7.71. The lowest BCUT2D eigenvalue weighted by Crippen LogP contribution is -2.24. The van der Waals surface area contributed by atoms with Crippen LogP contribution in [0.2, 0.25) is 0 Å². The molecule has 0 spiro atoms.